The van der Waals surface area contributed by atoms with Crippen molar-refractivity contribution in [3.8, 4) is 0 Å². The molecule has 0 aromatic carbocycles. The molecule has 0 saturated carbocycles. The number of nitrogens with zero attached hydrogens (tertiary/aromatic N) is 1. The predicted molar refractivity (Wildman–Crippen MR) is 192 cm³/mol. The summed E-state index contributed by atoms with van der Waals surface area (Å²) in [6, 6.07) is 0. The van der Waals surface area contributed by atoms with Gasteiger partial charge in [0.05, 0.1) is 6.54 Å². The molecular weight excluding hydrogens is 526 g/mol. The fourth-order valence-corrected chi connectivity index (χ4v) is 6.58. The first kappa shape index (κ1) is 42.4. The molecule has 0 unspecified atom stereocenters. The van der Waals surface area contributed by atoms with Crippen LogP contribution >= 0.6 is 0 Å². The van der Waals surface area contributed by atoms with E-state index in [1.54, 1.807) is 0 Å². The molecule has 3 heteroatoms. The van der Waals surface area contributed by atoms with Crippen LogP contribution in [-0.2, 0) is 4.79 Å². The van der Waals surface area contributed by atoms with Crippen molar-refractivity contribution in [3.63, 3.8) is 0 Å². The molecule has 0 amide bonds. The second-order valence-corrected chi connectivity index (χ2v) is 14.0. The van der Waals surface area contributed by atoms with Gasteiger partial charge in [-0.2, -0.15) is 0 Å². The molecule has 0 aromatic rings. The zero-order valence-corrected chi connectivity index (χ0v) is 30.0. The summed E-state index contributed by atoms with van der Waals surface area (Å²) in [7, 11) is 0. The third kappa shape index (κ3) is 37.5. The minimum Gasteiger partial charge on any atom is -0.480 e. The van der Waals surface area contributed by atoms with Gasteiger partial charge in [-0.15, -0.1) is 0 Å². The highest BCUT2D eigenvalue weighted by Crippen LogP contribution is 2.16. The summed E-state index contributed by atoms with van der Waals surface area (Å²) in [6.45, 7) is 6.73. The molecular formula is C40H81NO2. The number of unbranched alkanes of at least 4 members (excludes halogenated alkanes) is 32. The number of hydrogen-bond donors (Lipinski definition) is 1. The van der Waals surface area contributed by atoms with E-state index in [4.69, 9.17) is 0 Å². The van der Waals surface area contributed by atoms with Gasteiger partial charge < -0.3 is 5.11 Å². The molecule has 43 heavy (non-hydrogen) atoms. The van der Waals surface area contributed by atoms with Crippen molar-refractivity contribution in [2.75, 3.05) is 19.6 Å². The highest BCUT2D eigenvalue weighted by molar-refractivity contribution is 5.69. The van der Waals surface area contributed by atoms with Crippen molar-refractivity contribution < 1.29 is 9.90 Å². The number of aliphatic carboxylic acids is 1. The molecule has 1 N–H and O–H groups in total. The SMILES string of the molecule is CCCCCCCCCCCCCCCCCCCN(CCCCCCCCCCCCCCCCCCC)CC(=O)O. The van der Waals surface area contributed by atoms with Crippen LogP contribution in [0.4, 0.5) is 0 Å². The van der Waals surface area contributed by atoms with E-state index in [9.17, 15) is 9.90 Å². The summed E-state index contributed by atoms with van der Waals surface area (Å²) in [5.41, 5.74) is 0. The topological polar surface area (TPSA) is 40.5 Å². The Labute approximate surface area is 272 Å². The van der Waals surface area contributed by atoms with Gasteiger partial charge >= 0.3 is 5.97 Å². The fourth-order valence-electron chi connectivity index (χ4n) is 6.58. The Hall–Kier alpha value is -0.570. The first-order valence-electron chi connectivity index (χ1n) is 20.1. The van der Waals surface area contributed by atoms with Gasteiger partial charge in [0.2, 0.25) is 0 Å². The fraction of sp³-hybridized carbons (Fsp3) is 0.975. The van der Waals surface area contributed by atoms with E-state index in [0.29, 0.717) is 0 Å². The molecule has 0 saturated heterocycles. The molecule has 0 radical (unpaired) electrons. The van der Waals surface area contributed by atoms with Crippen molar-refractivity contribution in [2.24, 2.45) is 0 Å². The maximum absolute atomic E-state index is 11.3. The van der Waals surface area contributed by atoms with Crippen LogP contribution in [0.1, 0.15) is 232 Å². The maximum Gasteiger partial charge on any atom is 0.317 e. The quantitative estimate of drug-likeness (QED) is 0.0710. The van der Waals surface area contributed by atoms with Crippen LogP contribution in [0.2, 0.25) is 0 Å². The number of hydrogen-bond acceptors (Lipinski definition) is 2. The van der Waals surface area contributed by atoms with Crippen molar-refractivity contribution in [1.82, 2.24) is 4.90 Å². The van der Waals surface area contributed by atoms with Gasteiger partial charge in [-0.1, -0.05) is 219 Å². The number of carboxylic acid groups (broad SMARTS) is 1. The molecule has 0 heterocycles. The van der Waals surface area contributed by atoms with Crippen LogP contribution in [0.15, 0.2) is 0 Å². The summed E-state index contributed by atoms with van der Waals surface area (Å²) in [4.78, 5) is 13.5. The van der Waals surface area contributed by atoms with Gasteiger partial charge in [-0.05, 0) is 25.9 Å². The molecule has 0 bridgehead atoms. The van der Waals surface area contributed by atoms with E-state index >= 15 is 0 Å². The zero-order chi connectivity index (χ0) is 31.3. The van der Waals surface area contributed by atoms with Gasteiger partial charge in [-0.3, -0.25) is 9.69 Å². The molecule has 0 fully saturated rings. The lowest BCUT2D eigenvalue weighted by Crippen LogP contribution is -2.31. The monoisotopic (exact) mass is 608 g/mol. The largest absolute Gasteiger partial charge is 0.480 e. The molecule has 0 aliphatic carbocycles. The lowest BCUT2D eigenvalue weighted by molar-refractivity contribution is -0.138. The van der Waals surface area contributed by atoms with E-state index in [1.165, 1.54) is 205 Å². The highest BCUT2D eigenvalue weighted by Gasteiger charge is 2.09. The number of rotatable bonds is 38. The smallest absolute Gasteiger partial charge is 0.317 e. The van der Waals surface area contributed by atoms with Gasteiger partial charge in [0.1, 0.15) is 0 Å². The van der Waals surface area contributed by atoms with E-state index in [2.05, 4.69) is 18.7 Å². The Morgan fingerprint density at radius 3 is 0.721 bits per heavy atom. The van der Waals surface area contributed by atoms with Gasteiger partial charge in [0.25, 0.3) is 0 Å². The van der Waals surface area contributed by atoms with Crippen LogP contribution in [-0.4, -0.2) is 35.6 Å². The second kappa shape index (κ2) is 37.6. The first-order chi connectivity index (χ1) is 21.2. The van der Waals surface area contributed by atoms with Crippen molar-refractivity contribution >= 4 is 5.97 Å². The summed E-state index contributed by atoms with van der Waals surface area (Å²) < 4.78 is 0. The van der Waals surface area contributed by atoms with Crippen LogP contribution in [0.3, 0.4) is 0 Å². The van der Waals surface area contributed by atoms with E-state index in [1.807, 2.05) is 0 Å². The molecule has 258 valence electrons. The Kier molecular flexibility index (Phi) is 37.1. The summed E-state index contributed by atoms with van der Waals surface area (Å²) in [6.07, 6.45) is 47.2. The third-order valence-electron chi connectivity index (χ3n) is 9.51. The third-order valence-corrected chi connectivity index (χ3v) is 9.51. The molecule has 3 nitrogen and oxygen atoms in total. The maximum atomic E-state index is 11.3. The van der Waals surface area contributed by atoms with Crippen LogP contribution in [0, 0.1) is 0 Å². The normalized spacial score (nSPS) is 11.6. The van der Waals surface area contributed by atoms with Crippen LogP contribution < -0.4 is 0 Å². The summed E-state index contributed by atoms with van der Waals surface area (Å²) >= 11 is 0. The van der Waals surface area contributed by atoms with Crippen molar-refractivity contribution in [1.29, 1.82) is 0 Å². The molecule has 0 rings (SSSR count). The average Bonchev–Trinajstić information content (AvgIpc) is 2.99. The Balaban J connectivity index is 3.45. The number of carbonyl (C=O) groups is 1. The minimum atomic E-state index is -0.668. The lowest BCUT2D eigenvalue weighted by Gasteiger charge is -2.20. The Morgan fingerprint density at radius 1 is 0.349 bits per heavy atom. The Morgan fingerprint density at radius 2 is 0.535 bits per heavy atom. The van der Waals surface area contributed by atoms with Crippen molar-refractivity contribution in [2.45, 2.75) is 232 Å². The Bertz CT molecular complexity index is 485. The zero-order valence-electron chi connectivity index (χ0n) is 30.0. The summed E-state index contributed by atoms with van der Waals surface area (Å²) in [5, 5.41) is 9.33. The molecule has 0 atom stereocenters. The molecule has 0 aliphatic heterocycles. The molecule has 0 aromatic heterocycles. The lowest BCUT2D eigenvalue weighted by atomic mass is 10.0. The van der Waals surface area contributed by atoms with Crippen LogP contribution in [0.5, 0.6) is 0 Å². The predicted octanol–water partition coefficient (Wildman–Crippen LogP) is 13.7. The molecule has 0 spiro atoms. The van der Waals surface area contributed by atoms with Gasteiger partial charge in [-0.25, -0.2) is 0 Å². The number of carboxylic acids is 1. The standard InChI is InChI=1S/C40H81NO2/c1-3-5-7-9-11-13-15-17-19-21-23-25-27-29-31-33-35-37-41(39-40(42)43)38-36-34-32-30-28-26-24-22-20-18-16-14-12-10-8-6-4-2/h3-39H2,1-2H3,(H,42,43). The van der Waals surface area contributed by atoms with Gasteiger partial charge in [0, 0.05) is 0 Å². The highest BCUT2D eigenvalue weighted by atomic mass is 16.4. The van der Waals surface area contributed by atoms with E-state index in [0.717, 1.165) is 25.9 Å². The summed E-state index contributed by atoms with van der Waals surface area (Å²) in [5.74, 6) is -0.668. The van der Waals surface area contributed by atoms with E-state index in [-0.39, 0.29) is 6.54 Å². The van der Waals surface area contributed by atoms with Gasteiger partial charge in [0.15, 0.2) is 0 Å². The molecule has 0 aliphatic rings. The van der Waals surface area contributed by atoms with Crippen molar-refractivity contribution in [3.05, 3.63) is 0 Å². The van der Waals surface area contributed by atoms with E-state index < -0.39 is 5.97 Å². The van der Waals surface area contributed by atoms with Crippen LogP contribution in [0.25, 0.3) is 0 Å². The second-order valence-electron chi connectivity index (χ2n) is 14.0. The minimum absolute atomic E-state index is 0.220. The first-order valence-corrected chi connectivity index (χ1v) is 20.1. The average molecular weight is 608 g/mol.